The number of alkyl halides is 3. The smallest absolute Gasteiger partial charge is 0.451 e. The average molecular weight is 402 g/mol. The van der Waals surface area contributed by atoms with Crippen LogP contribution in [0.3, 0.4) is 0 Å². The summed E-state index contributed by atoms with van der Waals surface area (Å²) in [5.41, 5.74) is 0.213. The molecule has 0 bridgehead atoms. The number of hydrogen-bond acceptors (Lipinski definition) is 5. The van der Waals surface area contributed by atoms with Crippen LogP contribution >= 0.6 is 0 Å². The van der Waals surface area contributed by atoms with Gasteiger partial charge in [0.05, 0.1) is 0 Å². The third-order valence-corrected chi connectivity index (χ3v) is 4.02. The minimum atomic E-state index is -4.80. The van der Waals surface area contributed by atoms with Crippen molar-refractivity contribution in [2.24, 2.45) is 0 Å². The van der Waals surface area contributed by atoms with Crippen LogP contribution in [-0.4, -0.2) is 48.2 Å². The van der Waals surface area contributed by atoms with Crippen LogP contribution in [0.2, 0.25) is 0 Å². The zero-order valence-corrected chi connectivity index (χ0v) is 15.3. The monoisotopic (exact) mass is 402 g/mol. The summed E-state index contributed by atoms with van der Waals surface area (Å²) in [6.07, 6.45) is -3.04. The number of nitrogens with zero attached hydrogens (tertiary/aromatic N) is 1. The van der Waals surface area contributed by atoms with E-state index in [4.69, 9.17) is 4.74 Å². The fraction of sp³-hybridized carbons (Fsp3) is 0.500. The van der Waals surface area contributed by atoms with Crippen molar-refractivity contribution in [1.29, 1.82) is 0 Å². The number of hydrogen-bond donors (Lipinski definition) is 1. The van der Waals surface area contributed by atoms with Crippen molar-refractivity contribution >= 4 is 23.5 Å². The maximum absolute atomic E-state index is 12.1. The quantitative estimate of drug-likeness (QED) is 0.740. The normalized spacial score (nSPS) is 16.1. The third kappa shape index (κ3) is 7.09. The van der Waals surface area contributed by atoms with Crippen LogP contribution in [0.4, 0.5) is 18.9 Å². The summed E-state index contributed by atoms with van der Waals surface area (Å²) in [5, 5.41) is 2.43. The number of nitrogens with one attached hydrogen (secondary N) is 1. The molecule has 10 heteroatoms. The molecule has 0 saturated carbocycles. The van der Waals surface area contributed by atoms with E-state index in [9.17, 15) is 27.6 Å². The molecule has 0 spiro atoms. The molecule has 1 aromatic carbocycles. The Bertz CT molecular complexity index is 706. The zero-order chi connectivity index (χ0) is 20.7. The number of anilines is 1. The minimum absolute atomic E-state index is 0.118. The summed E-state index contributed by atoms with van der Waals surface area (Å²) in [4.78, 5) is 37.4. The van der Waals surface area contributed by atoms with Crippen molar-refractivity contribution in [3.05, 3.63) is 24.3 Å². The van der Waals surface area contributed by atoms with E-state index in [0.29, 0.717) is 13.0 Å². The second-order valence-corrected chi connectivity index (χ2v) is 6.32. The lowest BCUT2D eigenvalue weighted by Crippen LogP contribution is -2.38. The first-order valence-corrected chi connectivity index (χ1v) is 8.78. The Labute approximate surface area is 159 Å². The summed E-state index contributed by atoms with van der Waals surface area (Å²) >= 11 is 0. The van der Waals surface area contributed by atoms with Crippen molar-refractivity contribution < 1.29 is 37.0 Å². The van der Waals surface area contributed by atoms with Gasteiger partial charge in [-0.15, -0.1) is 13.2 Å². The first-order chi connectivity index (χ1) is 13.1. The molecule has 1 fully saturated rings. The molecule has 0 aromatic heterocycles. The van der Waals surface area contributed by atoms with E-state index in [1.54, 1.807) is 0 Å². The van der Waals surface area contributed by atoms with Crippen LogP contribution in [0, 0.1) is 0 Å². The summed E-state index contributed by atoms with van der Waals surface area (Å²) in [7, 11) is 0. The first kappa shape index (κ1) is 21.5. The van der Waals surface area contributed by atoms with Gasteiger partial charge >= 0.3 is 12.3 Å². The molecular formula is C18H21F3N2O5. The van der Waals surface area contributed by atoms with Gasteiger partial charge < -0.3 is 19.7 Å². The number of rotatable bonds is 6. The Morgan fingerprint density at radius 1 is 1.18 bits per heavy atom. The molecule has 0 unspecified atom stereocenters. The molecule has 1 heterocycles. The second-order valence-electron chi connectivity index (χ2n) is 6.32. The molecule has 1 saturated heterocycles. The van der Waals surface area contributed by atoms with E-state index in [1.807, 2.05) is 0 Å². The van der Waals surface area contributed by atoms with E-state index in [-0.39, 0.29) is 18.1 Å². The van der Waals surface area contributed by atoms with E-state index < -0.39 is 30.1 Å². The van der Waals surface area contributed by atoms with Gasteiger partial charge in [0.1, 0.15) is 12.3 Å². The fourth-order valence-electron chi connectivity index (χ4n) is 2.63. The number of esters is 1. The van der Waals surface area contributed by atoms with Gasteiger partial charge in [0.25, 0.3) is 5.91 Å². The molecule has 1 atom stereocenters. The van der Waals surface area contributed by atoms with Gasteiger partial charge in [0.15, 0.2) is 6.10 Å². The molecular weight excluding hydrogens is 381 g/mol. The molecule has 1 N–H and O–H groups in total. The molecule has 1 aliphatic rings. The predicted molar refractivity (Wildman–Crippen MR) is 92.4 cm³/mol. The number of likely N-dealkylation sites (tertiary alicyclic amines) is 1. The van der Waals surface area contributed by atoms with Gasteiger partial charge in [-0.1, -0.05) is 6.42 Å². The van der Waals surface area contributed by atoms with Gasteiger partial charge in [-0.05, 0) is 44.0 Å². The van der Waals surface area contributed by atoms with Gasteiger partial charge in [0, 0.05) is 18.7 Å². The maximum atomic E-state index is 12.1. The molecule has 0 radical (unpaired) electrons. The lowest BCUT2D eigenvalue weighted by atomic mass is 10.2. The number of benzene rings is 1. The number of ether oxygens (including phenoxy) is 2. The molecule has 2 amide bonds. The van der Waals surface area contributed by atoms with Crippen molar-refractivity contribution in [2.45, 2.75) is 45.1 Å². The van der Waals surface area contributed by atoms with Crippen LogP contribution in [0.15, 0.2) is 24.3 Å². The average Bonchev–Trinajstić information content (AvgIpc) is 2.80. The summed E-state index contributed by atoms with van der Waals surface area (Å²) in [5.74, 6) is -1.90. The summed E-state index contributed by atoms with van der Waals surface area (Å²) in [6, 6.07) is 4.54. The topological polar surface area (TPSA) is 84.9 Å². The summed E-state index contributed by atoms with van der Waals surface area (Å²) in [6.45, 7) is 1.61. The highest BCUT2D eigenvalue weighted by molar-refractivity contribution is 5.95. The van der Waals surface area contributed by atoms with Crippen LogP contribution in [0.1, 0.15) is 32.6 Å². The highest BCUT2D eigenvalue weighted by Gasteiger charge is 2.31. The number of halogens is 3. The standard InChI is InChI=1S/C18H21F3N2O5/c1-12(27-16(25)11-23-10-4-2-3-5-15(23)24)17(26)22-13-6-8-14(9-7-13)28-18(19,20)21/h6-9,12H,2-5,10-11H2,1H3,(H,22,26)/t12-/m0/s1. The molecule has 28 heavy (non-hydrogen) atoms. The Balaban J connectivity index is 1.83. The van der Waals surface area contributed by atoms with Gasteiger partial charge in [-0.25, -0.2) is 0 Å². The molecule has 1 aliphatic heterocycles. The van der Waals surface area contributed by atoms with Crippen LogP contribution in [0.25, 0.3) is 0 Å². The SMILES string of the molecule is C[C@H](OC(=O)CN1CCCCCC1=O)C(=O)Nc1ccc(OC(F)(F)F)cc1. The third-order valence-electron chi connectivity index (χ3n) is 4.02. The van der Waals surface area contributed by atoms with Crippen LogP contribution in [0.5, 0.6) is 5.75 Å². The Morgan fingerprint density at radius 2 is 1.86 bits per heavy atom. The van der Waals surface area contributed by atoms with Crippen LogP contribution < -0.4 is 10.1 Å². The predicted octanol–water partition coefficient (Wildman–Crippen LogP) is 2.86. The molecule has 7 nitrogen and oxygen atoms in total. The lowest BCUT2D eigenvalue weighted by molar-refractivity contribution is -0.274. The fourth-order valence-corrected chi connectivity index (χ4v) is 2.63. The lowest BCUT2D eigenvalue weighted by Gasteiger charge is -2.20. The number of carbonyl (C=O) groups excluding carboxylic acids is 3. The molecule has 2 rings (SSSR count). The zero-order valence-electron chi connectivity index (χ0n) is 15.3. The minimum Gasteiger partial charge on any atom is -0.451 e. The van der Waals surface area contributed by atoms with Crippen LogP contribution in [-0.2, 0) is 19.1 Å². The highest BCUT2D eigenvalue weighted by Crippen LogP contribution is 2.24. The number of amides is 2. The van der Waals surface area contributed by atoms with E-state index in [2.05, 4.69) is 10.1 Å². The van der Waals surface area contributed by atoms with Crippen molar-refractivity contribution in [3.8, 4) is 5.75 Å². The maximum Gasteiger partial charge on any atom is 0.573 e. The molecule has 0 aliphatic carbocycles. The Hall–Kier alpha value is -2.78. The number of carbonyl (C=O) groups is 3. The molecule has 1 aromatic rings. The van der Waals surface area contributed by atoms with E-state index in [1.165, 1.54) is 24.0 Å². The van der Waals surface area contributed by atoms with E-state index in [0.717, 1.165) is 31.4 Å². The van der Waals surface area contributed by atoms with Gasteiger partial charge in [-0.3, -0.25) is 14.4 Å². The largest absolute Gasteiger partial charge is 0.573 e. The van der Waals surface area contributed by atoms with Crippen molar-refractivity contribution in [1.82, 2.24) is 4.90 Å². The first-order valence-electron chi connectivity index (χ1n) is 8.78. The van der Waals surface area contributed by atoms with E-state index >= 15 is 0 Å². The summed E-state index contributed by atoms with van der Waals surface area (Å²) < 4.78 is 45.2. The van der Waals surface area contributed by atoms with Gasteiger partial charge in [-0.2, -0.15) is 0 Å². The van der Waals surface area contributed by atoms with Crippen molar-refractivity contribution in [3.63, 3.8) is 0 Å². The molecule has 154 valence electrons. The Kier molecular flexibility index (Phi) is 7.24. The van der Waals surface area contributed by atoms with Gasteiger partial charge in [0.2, 0.25) is 5.91 Å². The highest BCUT2D eigenvalue weighted by atomic mass is 19.4. The van der Waals surface area contributed by atoms with Crippen molar-refractivity contribution in [2.75, 3.05) is 18.4 Å². The Morgan fingerprint density at radius 3 is 2.50 bits per heavy atom. The second kappa shape index (κ2) is 9.43.